The lowest BCUT2D eigenvalue weighted by molar-refractivity contribution is -0.140. The standard InChI is InChI=1S/C20H22O3/c1-15(2)14-23-20(22)18(12-16-8-4-3-5-9-16)13-17-10-6-7-11-19(17)21/h3-12,15,21H,13-14H2,1-2H3. The summed E-state index contributed by atoms with van der Waals surface area (Å²) in [7, 11) is 0. The summed E-state index contributed by atoms with van der Waals surface area (Å²) in [5.74, 6) is 0.121. The third-order valence-corrected chi connectivity index (χ3v) is 3.32. The van der Waals surface area contributed by atoms with Crippen LogP contribution in [0.5, 0.6) is 5.75 Å². The number of carbonyl (C=O) groups excluding carboxylic acids is 1. The molecule has 0 spiro atoms. The monoisotopic (exact) mass is 310 g/mol. The molecular weight excluding hydrogens is 288 g/mol. The molecule has 0 unspecified atom stereocenters. The van der Waals surface area contributed by atoms with Crippen molar-refractivity contribution in [3.63, 3.8) is 0 Å². The Morgan fingerprint density at radius 3 is 2.39 bits per heavy atom. The second-order valence-electron chi connectivity index (χ2n) is 5.88. The number of phenolic OH excluding ortho intramolecular Hbond substituents is 1. The molecule has 1 N–H and O–H groups in total. The number of carbonyl (C=O) groups is 1. The first-order chi connectivity index (χ1) is 11.1. The number of para-hydroxylation sites is 1. The van der Waals surface area contributed by atoms with Crippen molar-refractivity contribution in [2.24, 2.45) is 5.92 Å². The van der Waals surface area contributed by atoms with Crippen molar-refractivity contribution in [1.29, 1.82) is 0 Å². The summed E-state index contributed by atoms with van der Waals surface area (Å²) in [6, 6.07) is 16.7. The minimum atomic E-state index is -0.342. The molecule has 2 aromatic carbocycles. The molecule has 0 bridgehead atoms. The van der Waals surface area contributed by atoms with Crippen LogP contribution in [0.2, 0.25) is 0 Å². The Morgan fingerprint density at radius 1 is 1.09 bits per heavy atom. The summed E-state index contributed by atoms with van der Waals surface area (Å²) in [6.45, 7) is 4.37. The maximum Gasteiger partial charge on any atom is 0.334 e. The number of phenols is 1. The molecule has 0 aliphatic carbocycles. The molecule has 3 heteroatoms. The smallest absolute Gasteiger partial charge is 0.334 e. The minimum absolute atomic E-state index is 0.183. The van der Waals surface area contributed by atoms with Crippen molar-refractivity contribution in [2.45, 2.75) is 20.3 Å². The highest BCUT2D eigenvalue weighted by atomic mass is 16.5. The number of hydrogen-bond donors (Lipinski definition) is 1. The molecule has 0 amide bonds. The fraction of sp³-hybridized carbons (Fsp3) is 0.250. The van der Waals surface area contributed by atoms with Crippen molar-refractivity contribution < 1.29 is 14.6 Å². The quantitative estimate of drug-likeness (QED) is 0.642. The highest BCUT2D eigenvalue weighted by Crippen LogP contribution is 2.21. The van der Waals surface area contributed by atoms with Gasteiger partial charge in [0.05, 0.1) is 6.61 Å². The van der Waals surface area contributed by atoms with Crippen LogP contribution in [-0.4, -0.2) is 17.7 Å². The summed E-state index contributed by atoms with van der Waals surface area (Å²) in [5.41, 5.74) is 2.16. The second kappa shape index (κ2) is 8.18. The highest BCUT2D eigenvalue weighted by Gasteiger charge is 2.14. The van der Waals surface area contributed by atoms with E-state index < -0.39 is 0 Å². The van der Waals surface area contributed by atoms with Crippen LogP contribution >= 0.6 is 0 Å². The van der Waals surface area contributed by atoms with E-state index in [9.17, 15) is 9.90 Å². The predicted molar refractivity (Wildman–Crippen MR) is 92.0 cm³/mol. The normalized spacial score (nSPS) is 11.5. The van der Waals surface area contributed by atoms with E-state index in [2.05, 4.69) is 0 Å². The molecule has 3 nitrogen and oxygen atoms in total. The molecule has 0 atom stereocenters. The molecule has 0 saturated carbocycles. The van der Waals surface area contributed by atoms with Crippen molar-refractivity contribution in [2.75, 3.05) is 6.61 Å². The van der Waals surface area contributed by atoms with Gasteiger partial charge >= 0.3 is 5.97 Å². The molecule has 0 heterocycles. The molecule has 0 fully saturated rings. The maximum atomic E-state index is 12.4. The number of esters is 1. The first kappa shape index (κ1) is 16.8. The van der Waals surface area contributed by atoms with Gasteiger partial charge in [0.25, 0.3) is 0 Å². The van der Waals surface area contributed by atoms with Crippen LogP contribution in [0.15, 0.2) is 60.2 Å². The molecule has 2 aromatic rings. The van der Waals surface area contributed by atoms with Crippen LogP contribution in [0, 0.1) is 5.92 Å². The number of aromatic hydroxyl groups is 1. The third-order valence-electron chi connectivity index (χ3n) is 3.32. The molecule has 0 aromatic heterocycles. The van der Waals surface area contributed by atoms with Gasteiger partial charge in [-0.25, -0.2) is 4.79 Å². The van der Waals surface area contributed by atoms with Gasteiger partial charge in [0.15, 0.2) is 0 Å². The van der Waals surface area contributed by atoms with Crippen LogP contribution in [-0.2, 0) is 16.0 Å². The van der Waals surface area contributed by atoms with Crippen molar-refractivity contribution in [1.82, 2.24) is 0 Å². The minimum Gasteiger partial charge on any atom is -0.508 e. The van der Waals surface area contributed by atoms with E-state index in [0.29, 0.717) is 24.2 Å². The Hall–Kier alpha value is -2.55. The Balaban J connectivity index is 2.26. The number of benzene rings is 2. The Morgan fingerprint density at radius 2 is 1.74 bits per heavy atom. The van der Waals surface area contributed by atoms with Gasteiger partial charge in [-0.05, 0) is 29.2 Å². The van der Waals surface area contributed by atoms with E-state index in [4.69, 9.17) is 4.74 Å². The van der Waals surface area contributed by atoms with Gasteiger partial charge in [0, 0.05) is 12.0 Å². The SMILES string of the molecule is CC(C)COC(=O)C(=Cc1ccccc1)Cc1ccccc1O. The van der Waals surface area contributed by atoms with Gasteiger partial charge in [0.1, 0.15) is 5.75 Å². The van der Waals surface area contributed by atoms with E-state index in [0.717, 1.165) is 5.56 Å². The molecule has 0 aliphatic heterocycles. The van der Waals surface area contributed by atoms with Gasteiger partial charge < -0.3 is 9.84 Å². The molecule has 0 saturated heterocycles. The van der Waals surface area contributed by atoms with E-state index in [1.165, 1.54) is 0 Å². The Labute approximate surface area is 137 Å². The lowest BCUT2D eigenvalue weighted by Crippen LogP contribution is -2.13. The average molecular weight is 310 g/mol. The summed E-state index contributed by atoms with van der Waals surface area (Å²) >= 11 is 0. The van der Waals surface area contributed by atoms with Crippen molar-refractivity contribution >= 4 is 12.0 Å². The molecule has 120 valence electrons. The number of rotatable bonds is 6. The number of ether oxygens (including phenoxy) is 1. The lowest BCUT2D eigenvalue weighted by Gasteiger charge is -2.11. The van der Waals surface area contributed by atoms with Crippen molar-refractivity contribution in [3.05, 3.63) is 71.3 Å². The third kappa shape index (κ3) is 5.29. The van der Waals surface area contributed by atoms with Crippen LogP contribution in [0.1, 0.15) is 25.0 Å². The Kier molecular flexibility index (Phi) is 5.98. The average Bonchev–Trinajstić information content (AvgIpc) is 2.55. The number of hydrogen-bond acceptors (Lipinski definition) is 3. The molecule has 23 heavy (non-hydrogen) atoms. The van der Waals surface area contributed by atoms with Crippen molar-refractivity contribution in [3.8, 4) is 5.75 Å². The summed E-state index contributed by atoms with van der Waals surface area (Å²) in [5, 5.41) is 9.95. The van der Waals surface area contributed by atoms with E-state index in [1.807, 2.05) is 62.4 Å². The zero-order valence-corrected chi connectivity index (χ0v) is 13.5. The predicted octanol–water partition coefficient (Wildman–Crippen LogP) is 4.22. The lowest BCUT2D eigenvalue weighted by atomic mass is 10.0. The molecule has 0 aliphatic rings. The summed E-state index contributed by atoms with van der Waals surface area (Å²) in [6.07, 6.45) is 2.15. The van der Waals surface area contributed by atoms with Crippen LogP contribution in [0.3, 0.4) is 0 Å². The first-order valence-electron chi connectivity index (χ1n) is 7.76. The maximum absolute atomic E-state index is 12.4. The van der Waals surface area contributed by atoms with Crippen LogP contribution in [0.4, 0.5) is 0 Å². The van der Waals surface area contributed by atoms with Gasteiger partial charge in [-0.3, -0.25) is 0 Å². The van der Waals surface area contributed by atoms with Gasteiger partial charge in [-0.2, -0.15) is 0 Å². The zero-order chi connectivity index (χ0) is 16.7. The van der Waals surface area contributed by atoms with E-state index in [-0.39, 0.29) is 17.6 Å². The topological polar surface area (TPSA) is 46.5 Å². The van der Waals surface area contributed by atoms with Crippen LogP contribution < -0.4 is 0 Å². The fourth-order valence-corrected chi connectivity index (χ4v) is 2.13. The second-order valence-corrected chi connectivity index (χ2v) is 5.88. The highest BCUT2D eigenvalue weighted by molar-refractivity contribution is 5.94. The summed E-state index contributed by atoms with van der Waals surface area (Å²) in [4.78, 5) is 12.4. The largest absolute Gasteiger partial charge is 0.508 e. The molecule has 0 radical (unpaired) electrons. The zero-order valence-electron chi connectivity index (χ0n) is 13.5. The fourth-order valence-electron chi connectivity index (χ4n) is 2.13. The molecular formula is C20H22O3. The van der Waals surface area contributed by atoms with Gasteiger partial charge in [0.2, 0.25) is 0 Å². The summed E-state index contributed by atoms with van der Waals surface area (Å²) < 4.78 is 5.36. The van der Waals surface area contributed by atoms with Gasteiger partial charge in [-0.15, -0.1) is 0 Å². The van der Waals surface area contributed by atoms with Gasteiger partial charge in [-0.1, -0.05) is 62.4 Å². The van der Waals surface area contributed by atoms with E-state index in [1.54, 1.807) is 12.1 Å². The van der Waals surface area contributed by atoms with E-state index >= 15 is 0 Å². The Bertz CT molecular complexity index is 672. The first-order valence-corrected chi connectivity index (χ1v) is 7.76. The van der Waals surface area contributed by atoms with Crippen LogP contribution in [0.25, 0.3) is 6.08 Å². The molecule has 2 rings (SSSR count).